The molecule has 1 saturated heterocycles. The highest BCUT2D eigenvalue weighted by Crippen LogP contribution is 2.59. The minimum atomic E-state index is -1.49. The van der Waals surface area contributed by atoms with E-state index in [9.17, 15) is 9.90 Å². The van der Waals surface area contributed by atoms with E-state index >= 15 is 0 Å². The first kappa shape index (κ1) is 21.9. The lowest BCUT2D eigenvalue weighted by molar-refractivity contribution is -0.113. The van der Waals surface area contributed by atoms with Gasteiger partial charge in [-0.1, -0.05) is 72.4 Å². The summed E-state index contributed by atoms with van der Waals surface area (Å²) in [6, 6.07) is 24.0. The van der Waals surface area contributed by atoms with Gasteiger partial charge in [-0.05, 0) is 48.1 Å². The zero-order valence-corrected chi connectivity index (χ0v) is 19.6. The van der Waals surface area contributed by atoms with Crippen molar-refractivity contribution in [3.8, 4) is 11.5 Å². The Hall–Kier alpha value is -2.96. The fourth-order valence-electron chi connectivity index (χ4n) is 5.23. The van der Waals surface area contributed by atoms with Gasteiger partial charge in [-0.3, -0.25) is 9.69 Å². The Balaban J connectivity index is 1.72. The van der Waals surface area contributed by atoms with Gasteiger partial charge in [0.2, 0.25) is 0 Å². The molecule has 0 aromatic heterocycles. The zero-order valence-electron chi connectivity index (χ0n) is 18.8. The molecule has 1 unspecified atom stereocenters. The van der Waals surface area contributed by atoms with Gasteiger partial charge in [0.1, 0.15) is 0 Å². The van der Waals surface area contributed by atoms with Gasteiger partial charge >= 0.3 is 0 Å². The molecule has 0 spiro atoms. The van der Waals surface area contributed by atoms with E-state index in [1.165, 1.54) is 11.8 Å². The van der Waals surface area contributed by atoms with Crippen LogP contribution in [0.3, 0.4) is 0 Å². The summed E-state index contributed by atoms with van der Waals surface area (Å²) in [5.41, 5.74) is 2.37. The molecule has 1 amide bonds. The third kappa shape index (κ3) is 3.49. The maximum absolute atomic E-state index is 13.4. The van der Waals surface area contributed by atoms with Crippen molar-refractivity contribution in [3.63, 3.8) is 0 Å². The SMILES string of the molecule is COc1cc2c(cc1OC)C1(O)N(CC2)C(=O)SC1(Cc1ccccc1)Cc1ccccc1. The third-order valence-corrected chi connectivity index (χ3v) is 8.14. The molecule has 1 atom stereocenters. The van der Waals surface area contributed by atoms with Gasteiger partial charge in [-0.25, -0.2) is 0 Å². The predicted molar refractivity (Wildman–Crippen MR) is 130 cm³/mol. The van der Waals surface area contributed by atoms with Crippen molar-refractivity contribution >= 4 is 17.0 Å². The molecule has 2 heterocycles. The van der Waals surface area contributed by atoms with Crippen LogP contribution in [-0.2, 0) is 25.0 Å². The fraction of sp³-hybridized carbons (Fsp3) is 0.296. The second-order valence-corrected chi connectivity index (χ2v) is 9.96. The molecule has 1 fully saturated rings. The first-order valence-corrected chi connectivity index (χ1v) is 11.9. The number of hydrogen-bond acceptors (Lipinski definition) is 5. The molecule has 2 aliphatic heterocycles. The average Bonchev–Trinajstić information content (AvgIpc) is 3.05. The van der Waals surface area contributed by atoms with Crippen LogP contribution in [0.15, 0.2) is 72.8 Å². The third-order valence-electron chi connectivity index (χ3n) is 6.78. The molecule has 5 nitrogen and oxygen atoms in total. The molecule has 33 heavy (non-hydrogen) atoms. The summed E-state index contributed by atoms with van der Waals surface area (Å²) < 4.78 is 10.3. The molecule has 2 aliphatic rings. The van der Waals surface area contributed by atoms with E-state index in [0.717, 1.165) is 22.3 Å². The van der Waals surface area contributed by atoms with Gasteiger partial charge in [0.05, 0.1) is 19.0 Å². The second kappa shape index (κ2) is 8.43. The Kier molecular flexibility index (Phi) is 5.59. The van der Waals surface area contributed by atoms with Crippen molar-refractivity contribution < 1.29 is 19.4 Å². The molecular formula is C27H27NO4S. The fourth-order valence-corrected chi connectivity index (χ4v) is 6.74. The highest BCUT2D eigenvalue weighted by Gasteiger charge is 2.65. The van der Waals surface area contributed by atoms with E-state index in [2.05, 4.69) is 24.3 Å². The number of methoxy groups -OCH3 is 2. The lowest BCUT2D eigenvalue weighted by Gasteiger charge is -2.48. The van der Waals surface area contributed by atoms with E-state index in [-0.39, 0.29) is 5.24 Å². The second-order valence-electron chi connectivity index (χ2n) is 8.63. The number of rotatable bonds is 6. The Labute approximate surface area is 198 Å². The summed E-state index contributed by atoms with van der Waals surface area (Å²) in [6.07, 6.45) is 1.73. The summed E-state index contributed by atoms with van der Waals surface area (Å²) in [6.45, 7) is 0.455. The molecular weight excluding hydrogens is 434 g/mol. The van der Waals surface area contributed by atoms with E-state index < -0.39 is 10.5 Å². The summed E-state index contributed by atoms with van der Waals surface area (Å²) >= 11 is 1.26. The van der Waals surface area contributed by atoms with Crippen LogP contribution >= 0.6 is 11.8 Å². The number of amides is 1. The first-order valence-electron chi connectivity index (χ1n) is 11.1. The molecule has 0 radical (unpaired) electrons. The number of carbonyl (C=O) groups excluding carboxylic acids is 1. The summed E-state index contributed by atoms with van der Waals surface area (Å²) in [4.78, 5) is 15.0. The van der Waals surface area contributed by atoms with Crippen molar-refractivity contribution in [2.75, 3.05) is 20.8 Å². The normalized spacial score (nSPS) is 20.8. The number of hydrogen-bond donors (Lipinski definition) is 1. The minimum absolute atomic E-state index is 0.0928. The van der Waals surface area contributed by atoms with E-state index in [4.69, 9.17) is 9.47 Å². The van der Waals surface area contributed by atoms with Crippen LogP contribution in [0.2, 0.25) is 0 Å². The highest BCUT2D eigenvalue weighted by molar-refractivity contribution is 8.15. The summed E-state index contributed by atoms with van der Waals surface area (Å²) in [5.74, 6) is 1.17. The molecule has 0 saturated carbocycles. The van der Waals surface area contributed by atoms with Crippen molar-refractivity contribution in [1.82, 2.24) is 4.90 Å². The zero-order chi connectivity index (χ0) is 23.1. The number of nitrogens with zero attached hydrogens (tertiary/aromatic N) is 1. The molecule has 0 aliphatic carbocycles. The maximum atomic E-state index is 13.4. The van der Waals surface area contributed by atoms with Crippen LogP contribution in [0.25, 0.3) is 0 Å². The number of carbonyl (C=O) groups is 1. The van der Waals surface area contributed by atoms with Gasteiger partial charge in [0, 0.05) is 12.1 Å². The van der Waals surface area contributed by atoms with Gasteiger partial charge in [0.15, 0.2) is 17.2 Å². The van der Waals surface area contributed by atoms with Crippen LogP contribution < -0.4 is 9.47 Å². The van der Waals surface area contributed by atoms with Crippen molar-refractivity contribution in [1.29, 1.82) is 0 Å². The minimum Gasteiger partial charge on any atom is -0.493 e. The number of fused-ring (bicyclic) bond motifs is 3. The van der Waals surface area contributed by atoms with Gasteiger partial charge in [-0.15, -0.1) is 0 Å². The van der Waals surface area contributed by atoms with Gasteiger partial charge in [-0.2, -0.15) is 0 Å². The standard InChI is InChI=1S/C27H27NO4S/c1-31-23-15-21-13-14-28-25(29)33-26(17-19-9-5-3-6-10-19,18-20-11-7-4-8-12-20)27(28,30)22(21)16-24(23)32-2/h3-12,15-16,30H,13-14,17-18H2,1-2H3. The molecule has 6 heteroatoms. The number of thioether (sulfide) groups is 1. The average molecular weight is 462 g/mol. The van der Waals surface area contributed by atoms with Crippen LogP contribution in [-0.4, -0.2) is 40.8 Å². The monoisotopic (exact) mass is 461 g/mol. The quantitative estimate of drug-likeness (QED) is 0.572. The number of benzene rings is 3. The smallest absolute Gasteiger partial charge is 0.284 e. The van der Waals surface area contributed by atoms with E-state index in [0.29, 0.717) is 37.3 Å². The van der Waals surface area contributed by atoms with Crippen LogP contribution in [0.1, 0.15) is 22.3 Å². The van der Waals surface area contributed by atoms with Gasteiger partial charge < -0.3 is 14.6 Å². The van der Waals surface area contributed by atoms with Gasteiger partial charge in [0.25, 0.3) is 5.24 Å². The van der Waals surface area contributed by atoms with E-state index in [1.54, 1.807) is 19.1 Å². The molecule has 3 aromatic carbocycles. The first-order chi connectivity index (χ1) is 16.0. The van der Waals surface area contributed by atoms with Crippen molar-refractivity contribution in [2.45, 2.75) is 29.7 Å². The molecule has 1 N–H and O–H groups in total. The van der Waals surface area contributed by atoms with E-state index in [1.807, 2.05) is 48.5 Å². The number of ether oxygens (including phenoxy) is 2. The topological polar surface area (TPSA) is 59.0 Å². The predicted octanol–water partition coefficient (Wildman–Crippen LogP) is 4.80. The number of aliphatic hydroxyl groups is 1. The van der Waals surface area contributed by atoms with Crippen LogP contribution in [0.5, 0.6) is 11.5 Å². The Morgan fingerprint density at radius 1 is 0.909 bits per heavy atom. The summed E-state index contributed by atoms with van der Waals surface area (Å²) in [5, 5.41) is 12.5. The Bertz CT molecular complexity index is 1130. The Morgan fingerprint density at radius 2 is 1.45 bits per heavy atom. The van der Waals surface area contributed by atoms with Crippen molar-refractivity contribution in [2.24, 2.45) is 0 Å². The highest BCUT2D eigenvalue weighted by atomic mass is 32.2. The maximum Gasteiger partial charge on any atom is 0.284 e. The summed E-state index contributed by atoms with van der Waals surface area (Å²) in [7, 11) is 3.20. The van der Waals surface area contributed by atoms with Crippen LogP contribution in [0.4, 0.5) is 4.79 Å². The molecule has 0 bridgehead atoms. The Morgan fingerprint density at radius 3 is 2.00 bits per heavy atom. The lowest BCUT2D eigenvalue weighted by atomic mass is 9.75. The van der Waals surface area contributed by atoms with Crippen LogP contribution in [0, 0.1) is 0 Å². The lowest BCUT2D eigenvalue weighted by Crippen LogP contribution is -2.59. The molecule has 3 aromatic rings. The van der Waals surface area contributed by atoms with Crippen molar-refractivity contribution in [3.05, 3.63) is 95.1 Å². The molecule has 170 valence electrons. The molecule has 5 rings (SSSR count). The largest absolute Gasteiger partial charge is 0.493 e.